The van der Waals surface area contributed by atoms with E-state index in [1.807, 2.05) is 66.2 Å². The summed E-state index contributed by atoms with van der Waals surface area (Å²) in [7, 11) is 0. The number of urea groups is 1. The average Bonchev–Trinajstić information content (AvgIpc) is 3.06. The summed E-state index contributed by atoms with van der Waals surface area (Å²) in [4.78, 5) is 22.6. The van der Waals surface area contributed by atoms with Gasteiger partial charge in [0.25, 0.3) is 0 Å². The predicted molar refractivity (Wildman–Crippen MR) is 105 cm³/mol. The van der Waals surface area contributed by atoms with Crippen LogP contribution in [0, 0.1) is 13.8 Å². The molecule has 2 aromatic carbocycles. The van der Waals surface area contributed by atoms with E-state index in [2.05, 4.69) is 16.3 Å². The van der Waals surface area contributed by atoms with E-state index < -0.39 is 11.9 Å². The number of nitrogens with one attached hydrogen (secondary N) is 1. The van der Waals surface area contributed by atoms with Gasteiger partial charge in [0.2, 0.25) is 5.91 Å². The highest BCUT2D eigenvalue weighted by Crippen LogP contribution is 2.28. The highest BCUT2D eigenvalue weighted by molar-refractivity contribution is 7.99. The second kappa shape index (κ2) is 8.05. The van der Waals surface area contributed by atoms with Crippen LogP contribution in [-0.4, -0.2) is 32.5 Å². The number of nitrogens with zero attached hydrogens (tertiary/aromatic N) is 3. The highest BCUT2D eigenvalue weighted by atomic mass is 32.2. The Labute approximate surface area is 161 Å². The lowest BCUT2D eigenvalue weighted by Gasteiger charge is -2.12. The molecule has 27 heavy (non-hydrogen) atoms. The van der Waals surface area contributed by atoms with Crippen molar-refractivity contribution in [3.8, 4) is 17.1 Å². The number of benzene rings is 2. The molecule has 3 N–H and O–H groups in total. The van der Waals surface area contributed by atoms with Gasteiger partial charge in [-0.15, -0.1) is 10.2 Å². The molecule has 0 radical (unpaired) electrons. The van der Waals surface area contributed by atoms with Crippen molar-refractivity contribution in [2.75, 3.05) is 5.75 Å². The summed E-state index contributed by atoms with van der Waals surface area (Å²) in [5, 5.41) is 11.2. The Morgan fingerprint density at radius 2 is 1.81 bits per heavy atom. The van der Waals surface area contributed by atoms with Crippen LogP contribution in [0.1, 0.15) is 11.1 Å². The van der Waals surface area contributed by atoms with E-state index in [4.69, 9.17) is 5.73 Å². The smallest absolute Gasteiger partial charge is 0.318 e. The van der Waals surface area contributed by atoms with E-state index in [-0.39, 0.29) is 5.75 Å². The normalized spacial score (nSPS) is 10.6. The summed E-state index contributed by atoms with van der Waals surface area (Å²) in [6.07, 6.45) is 0. The molecule has 8 heteroatoms. The van der Waals surface area contributed by atoms with E-state index in [0.29, 0.717) is 11.0 Å². The van der Waals surface area contributed by atoms with Gasteiger partial charge in [-0.05, 0) is 37.1 Å². The molecule has 1 heterocycles. The third kappa shape index (κ3) is 4.35. The molecule has 138 valence electrons. The van der Waals surface area contributed by atoms with Crippen molar-refractivity contribution in [1.29, 1.82) is 0 Å². The minimum absolute atomic E-state index is 0.000701. The number of rotatable bonds is 5. The predicted octanol–water partition coefficient (Wildman–Crippen LogP) is 2.84. The van der Waals surface area contributed by atoms with E-state index in [0.717, 1.165) is 16.8 Å². The number of thioether (sulfide) groups is 1. The molecule has 0 aliphatic rings. The van der Waals surface area contributed by atoms with Crippen molar-refractivity contribution in [2.45, 2.75) is 19.0 Å². The third-order valence-corrected chi connectivity index (χ3v) is 4.94. The molecule has 0 saturated heterocycles. The van der Waals surface area contributed by atoms with Crippen LogP contribution in [0.4, 0.5) is 4.79 Å². The Kier molecular flexibility index (Phi) is 5.56. The summed E-state index contributed by atoms with van der Waals surface area (Å²) in [5.74, 6) is 0.195. The molecule has 0 atom stereocenters. The molecule has 0 unspecified atom stereocenters. The van der Waals surface area contributed by atoms with Crippen molar-refractivity contribution in [3.63, 3.8) is 0 Å². The molecule has 3 aromatic rings. The summed E-state index contributed by atoms with van der Waals surface area (Å²) in [6, 6.07) is 14.9. The van der Waals surface area contributed by atoms with Crippen LogP contribution in [0.2, 0.25) is 0 Å². The molecular formula is C19H19N5O2S. The first-order chi connectivity index (χ1) is 13.0. The highest BCUT2D eigenvalue weighted by Gasteiger charge is 2.18. The van der Waals surface area contributed by atoms with Crippen molar-refractivity contribution in [2.24, 2.45) is 5.73 Å². The maximum absolute atomic E-state index is 11.8. The first kappa shape index (κ1) is 18.7. The molecule has 1 aromatic heterocycles. The topological polar surface area (TPSA) is 103 Å². The van der Waals surface area contributed by atoms with Crippen LogP contribution in [0.25, 0.3) is 17.1 Å². The number of imide groups is 1. The van der Waals surface area contributed by atoms with Crippen LogP contribution >= 0.6 is 11.8 Å². The first-order valence-electron chi connectivity index (χ1n) is 8.26. The molecule has 3 amide bonds. The molecule has 0 aliphatic carbocycles. The summed E-state index contributed by atoms with van der Waals surface area (Å²) >= 11 is 1.19. The Bertz CT molecular complexity index is 985. The van der Waals surface area contributed by atoms with Crippen molar-refractivity contribution >= 4 is 23.7 Å². The lowest BCUT2D eigenvalue weighted by Crippen LogP contribution is -2.36. The standard InChI is InChI=1S/C19H19N5O2S/c1-12-8-9-15(10-13(12)2)24-17(14-6-4-3-5-7-14)22-23-19(24)27-11-16(25)21-18(20)26/h3-10H,11H2,1-2H3,(H3,20,21,25,26). The minimum atomic E-state index is -0.874. The number of carbonyl (C=O) groups excluding carboxylic acids is 2. The van der Waals surface area contributed by atoms with Gasteiger partial charge in [-0.2, -0.15) is 0 Å². The fourth-order valence-corrected chi connectivity index (χ4v) is 3.29. The second-order valence-electron chi connectivity index (χ2n) is 5.98. The van der Waals surface area contributed by atoms with Crippen LogP contribution in [0.5, 0.6) is 0 Å². The molecular weight excluding hydrogens is 362 g/mol. The molecule has 0 bridgehead atoms. The van der Waals surface area contributed by atoms with Gasteiger partial charge in [0.15, 0.2) is 11.0 Å². The average molecular weight is 381 g/mol. The number of hydrogen-bond donors (Lipinski definition) is 2. The fraction of sp³-hybridized carbons (Fsp3) is 0.158. The number of aryl methyl sites for hydroxylation is 2. The molecule has 0 spiro atoms. The number of carbonyl (C=O) groups is 2. The van der Waals surface area contributed by atoms with Crippen LogP contribution in [0.15, 0.2) is 53.7 Å². The number of primary amides is 1. The van der Waals surface area contributed by atoms with Gasteiger partial charge in [-0.25, -0.2) is 4.79 Å². The Hall–Kier alpha value is -3.13. The zero-order valence-electron chi connectivity index (χ0n) is 15.0. The minimum Gasteiger partial charge on any atom is -0.351 e. The SMILES string of the molecule is Cc1ccc(-n2c(SCC(=O)NC(N)=O)nnc2-c2ccccc2)cc1C. The largest absolute Gasteiger partial charge is 0.351 e. The summed E-state index contributed by atoms with van der Waals surface area (Å²) in [5.41, 5.74) is 9.12. The molecule has 7 nitrogen and oxygen atoms in total. The van der Waals surface area contributed by atoms with Crippen molar-refractivity contribution in [3.05, 3.63) is 59.7 Å². The van der Waals surface area contributed by atoms with Gasteiger partial charge in [-0.3, -0.25) is 14.7 Å². The van der Waals surface area contributed by atoms with Crippen molar-refractivity contribution < 1.29 is 9.59 Å². The van der Waals surface area contributed by atoms with E-state index in [1.54, 1.807) is 0 Å². The zero-order valence-corrected chi connectivity index (χ0v) is 15.8. The Morgan fingerprint density at radius 3 is 2.48 bits per heavy atom. The maximum atomic E-state index is 11.8. The molecule has 3 rings (SSSR count). The number of amides is 3. The fourth-order valence-electron chi connectivity index (χ4n) is 2.54. The van der Waals surface area contributed by atoms with E-state index in [1.165, 1.54) is 17.3 Å². The molecule has 0 aliphatic heterocycles. The van der Waals surface area contributed by atoms with E-state index in [9.17, 15) is 9.59 Å². The second-order valence-corrected chi connectivity index (χ2v) is 6.92. The Morgan fingerprint density at radius 1 is 1.07 bits per heavy atom. The number of nitrogens with two attached hydrogens (primary N) is 1. The van der Waals surface area contributed by atoms with Gasteiger partial charge in [0.05, 0.1) is 11.4 Å². The summed E-state index contributed by atoms with van der Waals surface area (Å²) < 4.78 is 1.91. The van der Waals surface area contributed by atoms with Gasteiger partial charge >= 0.3 is 6.03 Å². The number of aromatic nitrogens is 3. The Balaban J connectivity index is 2.01. The van der Waals surface area contributed by atoms with Gasteiger partial charge in [0, 0.05) is 5.56 Å². The lowest BCUT2D eigenvalue weighted by atomic mass is 10.1. The monoisotopic (exact) mass is 381 g/mol. The summed E-state index contributed by atoms with van der Waals surface area (Å²) in [6.45, 7) is 4.09. The van der Waals surface area contributed by atoms with Gasteiger partial charge < -0.3 is 5.73 Å². The lowest BCUT2D eigenvalue weighted by molar-refractivity contribution is -0.117. The molecule has 0 fully saturated rings. The number of hydrogen-bond acceptors (Lipinski definition) is 5. The van der Waals surface area contributed by atoms with Gasteiger partial charge in [0.1, 0.15) is 0 Å². The zero-order chi connectivity index (χ0) is 19.4. The quantitative estimate of drug-likeness (QED) is 0.662. The van der Waals surface area contributed by atoms with Gasteiger partial charge in [-0.1, -0.05) is 48.2 Å². The van der Waals surface area contributed by atoms with Crippen LogP contribution in [0.3, 0.4) is 0 Å². The third-order valence-electron chi connectivity index (χ3n) is 4.01. The first-order valence-corrected chi connectivity index (χ1v) is 9.25. The van der Waals surface area contributed by atoms with Crippen LogP contribution in [-0.2, 0) is 4.79 Å². The molecule has 0 saturated carbocycles. The van der Waals surface area contributed by atoms with E-state index >= 15 is 0 Å². The van der Waals surface area contributed by atoms with Crippen molar-refractivity contribution in [1.82, 2.24) is 20.1 Å². The maximum Gasteiger partial charge on any atom is 0.318 e. The van der Waals surface area contributed by atoms with Crippen LogP contribution < -0.4 is 11.1 Å².